The van der Waals surface area contributed by atoms with Gasteiger partial charge in [-0.25, -0.2) is 0 Å². The van der Waals surface area contributed by atoms with E-state index in [0.29, 0.717) is 22.5 Å². The molecule has 0 amide bonds. The summed E-state index contributed by atoms with van der Waals surface area (Å²) in [6, 6.07) is 6.72. The molecule has 0 heterocycles. The molecule has 2 rings (SSSR count). The van der Waals surface area contributed by atoms with Crippen molar-refractivity contribution in [2.24, 2.45) is 5.73 Å². The summed E-state index contributed by atoms with van der Waals surface area (Å²) in [5, 5.41) is 1.23. The molecular formula is C17H26Cl2N2. The van der Waals surface area contributed by atoms with E-state index in [1.807, 2.05) is 12.1 Å². The van der Waals surface area contributed by atoms with E-state index in [0.717, 1.165) is 19.0 Å². The van der Waals surface area contributed by atoms with Gasteiger partial charge in [-0.15, -0.1) is 0 Å². The summed E-state index contributed by atoms with van der Waals surface area (Å²) in [5.74, 6) is 0.364. The predicted molar refractivity (Wildman–Crippen MR) is 92.4 cm³/mol. The molecule has 1 aromatic rings. The van der Waals surface area contributed by atoms with Gasteiger partial charge in [-0.2, -0.15) is 0 Å². The minimum Gasteiger partial charge on any atom is -0.330 e. The first kappa shape index (κ1) is 17.1. The molecule has 1 aliphatic rings. The molecule has 0 radical (unpaired) electrons. The number of rotatable bonds is 9. The van der Waals surface area contributed by atoms with Crippen LogP contribution in [0.2, 0.25) is 10.0 Å². The Hall–Kier alpha value is -0.280. The molecule has 0 spiro atoms. The Morgan fingerprint density at radius 3 is 2.57 bits per heavy atom. The number of hydrogen-bond acceptors (Lipinski definition) is 2. The summed E-state index contributed by atoms with van der Waals surface area (Å²) in [7, 11) is 0. The molecule has 1 unspecified atom stereocenters. The summed E-state index contributed by atoms with van der Waals surface area (Å²) in [6.45, 7) is 5.26. The van der Waals surface area contributed by atoms with Gasteiger partial charge in [0, 0.05) is 6.04 Å². The van der Waals surface area contributed by atoms with Gasteiger partial charge >= 0.3 is 0 Å². The second kappa shape index (κ2) is 8.38. The predicted octanol–water partition coefficient (Wildman–Crippen LogP) is 4.69. The molecule has 1 atom stereocenters. The van der Waals surface area contributed by atoms with Crippen molar-refractivity contribution in [2.75, 3.05) is 19.6 Å². The molecule has 4 heteroatoms. The first-order chi connectivity index (χ1) is 10.2. The molecule has 0 saturated heterocycles. The Kier molecular flexibility index (Phi) is 6.81. The van der Waals surface area contributed by atoms with E-state index >= 15 is 0 Å². The normalized spacial score (nSPS) is 16.4. The van der Waals surface area contributed by atoms with Crippen LogP contribution >= 0.6 is 23.2 Å². The summed E-state index contributed by atoms with van der Waals surface area (Å²) in [5.41, 5.74) is 7.18. The van der Waals surface area contributed by atoms with Gasteiger partial charge in [0.2, 0.25) is 0 Å². The average Bonchev–Trinajstić information content (AvgIpc) is 3.31. The molecule has 2 nitrogen and oxygen atoms in total. The number of halogens is 2. The van der Waals surface area contributed by atoms with E-state index in [1.54, 1.807) is 0 Å². The van der Waals surface area contributed by atoms with Crippen LogP contribution in [0.15, 0.2) is 18.2 Å². The SMILES string of the molecule is CCCCN(CCC(CN)c1ccc(Cl)c(Cl)c1)C1CC1. The Balaban J connectivity index is 1.92. The van der Waals surface area contributed by atoms with Crippen molar-refractivity contribution < 1.29 is 0 Å². The van der Waals surface area contributed by atoms with Crippen LogP contribution in [0.3, 0.4) is 0 Å². The molecule has 1 aromatic carbocycles. The number of benzene rings is 1. The first-order valence-electron chi connectivity index (χ1n) is 8.04. The highest BCUT2D eigenvalue weighted by Gasteiger charge is 2.28. The average molecular weight is 329 g/mol. The monoisotopic (exact) mass is 328 g/mol. The third-order valence-corrected chi connectivity index (χ3v) is 5.07. The van der Waals surface area contributed by atoms with E-state index < -0.39 is 0 Å². The van der Waals surface area contributed by atoms with Crippen molar-refractivity contribution in [3.05, 3.63) is 33.8 Å². The van der Waals surface area contributed by atoms with Crippen LogP contribution < -0.4 is 5.73 Å². The van der Waals surface area contributed by atoms with Crippen molar-refractivity contribution in [2.45, 2.75) is 51.0 Å². The highest BCUT2D eigenvalue weighted by atomic mass is 35.5. The second-order valence-electron chi connectivity index (χ2n) is 6.02. The molecule has 21 heavy (non-hydrogen) atoms. The third-order valence-electron chi connectivity index (χ3n) is 4.33. The lowest BCUT2D eigenvalue weighted by Crippen LogP contribution is -2.30. The fourth-order valence-electron chi connectivity index (χ4n) is 2.79. The van der Waals surface area contributed by atoms with Crippen LogP contribution in [0, 0.1) is 0 Å². The smallest absolute Gasteiger partial charge is 0.0595 e. The molecule has 1 fully saturated rings. The van der Waals surface area contributed by atoms with Crippen LogP contribution in [0.5, 0.6) is 0 Å². The number of nitrogens with zero attached hydrogens (tertiary/aromatic N) is 1. The quantitative estimate of drug-likeness (QED) is 0.712. The largest absolute Gasteiger partial charge is 0.330 e. The zero-order valence-corrected chi connectivity index (χ0v) is 14.3. The van der Waals surface area contributed by atoms with E-state index in [-0.39, 0.29) is 0 Å². The van der Waals surface area contributed by atoms with Crippen LogP contribution in [-0.2, 0) is 0 Å². The van der Waals surface area contributed by atoms with E-state index in [4.69, 9.17) is 28.9 Å². The third kappa shape index (κ3) is 5.14. The minimum atomic E-state index is 0.364. The van der Waals surface area contributed by atoms with Crippen molar-refractivity contribution in [3.8, 4) is 0 Å². The van der Waals surface area contributed by atoms with Gasteiger partial charge in [0.05, 0.1) is 10.0 Å². The zero-order chi connectivity index (χ0) is 15.2. The number of nitrogens with two attached hydrogens (primary N) is 1. The minimum absolute atomic E-state index is 0.364. The van der Waals surface area contributed by atoms with Crippen molar-refractivity contribution in [3.63, 3.8) is 0 Å². The highest BCUT2D eigenvalue weighted by Crippen LogP contribution is 2.30. The second-order valence-corrected chi connectivity index (χ2v) is 6.83. The van der Waals surface area contributed by atoms with Gasteiger partial charge in [-0.05, 0) is 68.9 Å². The van der Waals surface area contributed by atoms with Gasteiger partial charge in [0.1, 0.15) is 0 Å². The standard InChI is InChI=1S/C17H26Cl2N2/c1-2-3-9-21(15-5-6-15)10-8-14(12-20)13-4-7-16(18)17(19)11-13/h4,7,11,14-15H,2-3,5-6,8-10,12,20H2,1H3. The first-order valence-corrected chi connectivity index (χ1v) is 8.80. The van der Waals surface area contributed by atoms with E-state index in [9.17, 15) is 0 Å². The van der Waals surface area contributed by atoms with Gasteiger partial charge in [0.25, 0.3) is 0 Å². The molecule has 0 aromatic heterocycles. The Morgan fingerprint density at radius 1 is 1.24 bits per heavy atom. The zero-order valence-electron chi connectivity index (χ0n) is 12.8. The molecule has 118 valence electrons. The summed E-state index contributed by atoms with van der Waals surface area (Å²) in [4.78, 5) is 2.64. The molecule has 1 saturated carbocycles. The van der Waals surface area contributed by atoms with Gasteiger partial charge < -0.3 is 10.6 Å². The van der Waals surface area contributed by atoms with Gasteiger partial charge in [-0.1, -0.05) is 42.6 Å². The summed E-state index contributed by atoms with van der Waals surface area (Å²) < 4.78 is 0. The summed E-state index contributed by atoms with van der Waals surface area (Å²) in [6.07, 6.45) is 6.37. The summed E-state index contributed by atoms with van der Waals surface area (Å²) >= 11 is 12.1. The van der Waals surface area contributed by atoms with E-state index in [1.165, 1.54) is 37.8 Å². The number of hydrogen-bond donors (Lipinski definition) is 1. The molecular weight excluding hydrogens is 303 g/mol. The van der Waals surface area contributed by atoms with Crippen molar-refractivity contribution in [1.29, 1.82) is 0 Å². The molecule has 0 aliphatic heterocycles. The molecule has 0 bridgehead atoms. The topological polar surface area (TPSA) is 29.3 Å². The van der Waals surface area contributed by atoms with Crippen LogP contribution in [0.4, 0.5) is 0 Å². The Bertz CT molecular complexity index is 446. The molecule has 2 N–H and O–H groups in total. The maximum absolute atomic E-state index is 6.12. The lowest BCUT2D eigenvalue weighted by molar-refractivity contribution is 0.249. The highest BCUT2D eigenvalue weighted by molar-refractivity contribution is 6.42. The maximum atomic E-state index is 6.12. The van der Waals surface area contributed by atoms with Gasteiger partial charge in [-0.3, -0.25) is 0 Å². The lowest BCUT2D eigenvalue weighted by atomic mass is 9.95. The fraction of sp³-hybridized carbons (Fsp3) is 0.647. The van der Waals surface area contributed by atoms with Gasteiger partial charge in [0.15, 0.2) is 0 Å². The van der Waals surface area contributed by atoms with Crippen LogP contribution in [-0.4, -0.2) is 30.6 Å². The van der Waals surface area contributed by atoms with Crippen molar-refractivity contribution >= 4 is 23.2 Å². The van der Waals surface area contributed by atoms with E-state index in [2.05, 4.69) is 17.9 Å². The number of unbranched alkanes of at least 4 members (excludes halogenated alkanes) is 1. The lowest BCUT2D eigenvalue weighted by Gasteiger charge is -2.25. The van der Waals surface area contributed by atoms with Crippen LogP contribution in [0.1, 0.15) is 50.5 Å². The fourth-order valence-corrected chi connectivity index (χ4v) is 3.09. The van der Waals surface area contributed by atoms with Crippen molar-refractivity contribution in [1.82, 2.24) is 4.90 Å². The van der Waals surface area contributed by atoms with Crippen LogP contribution in [0.25, 0.3) is 0 Å². The molecule has 1 aliphatic carbocycles. The Labute approximate surface area is 138 Å². The Morgan fingerprint density at radius 2 is 2.00 bits per heavy atom. The maximum Gasteiger partial charge on any atom is 0.0595 e.